The lowest BCUT2D eigenvalue weighted by Crippen LogP contribution is -2.16. The van der Waals surface area contributed by atoms with E-state index in [1.165, 1.54) is 12.1 Å². The molecule has 28 heavy (non-hydrogen) atoms. The van der Waals surface area contributed by atoms with Gasteiger partial charge in [0, 0.05) is 22.5 Å². The van der Waals surface area contributed by atoms with Crippen molar-refractivity contribution in [2.45, 2.75) is 11.1 Å². The Hall–Kier alpha value is -3.13. The molecule has 0 saturated heterocycles. The van der Waals surface area contributed by atoms with Gasteiger partial charge in [0.15, 0.2) is 6.23 Å². The van der Waals surface area contributed by atoms with Crippen LogP contribution in [0.5, 0.6) is 0 Å². The molecule has 0 spiro atoms. The zero-order valence-electron chi connectivity index (χ0n) is 14.8. The van der Waals surface area contributed by atoms with E-state index in [0.717, 1.165) is 28.1 Å². The first-order valence-corrected chi connectivity index (χ1v) is 10.2. The van der Waals surface area contributed by atoms with Crippen molar-refractivity contribution in [2.75, 3.05) is 10.6 Å². The average molecular weight is 393 g/mol. The molecule has 1 aliphatic heterocycles. The lowest BCUT2D eigenvalue weighted by Gasteiger charge is -2.17. The fraction of sp³-hybridized carbons (Fsp3) is 0.0476. The predicted molar refractivity (Wildman–Crippen MR) is 111 cm³/mol. The van der Waals surface area contributed by atoms with Crippen LogP contribution in [0.25, 0.3) is 11.3 Å². The normalized spacial score (nSPS) is 17.6. The Morgan fingerprint density at radius 1 is 0.929 bits per heavy atom. The van der Waals surface area contributed by atoms with Crippen LogP contribution in [0, 0.1) is 0 Å². The summed E-state index contributed by atoms with van der Waals surface area (Å²) < 4.78 is 23.0. The molecule has 0 radical (unpaired) electrons. The van der Waals surface area contributed by atoms with Crippen molar-refractivity contribution in [3.63, 3.8) is 0 Å². The molecule has 1 heterocycles. The van der Waals surface area contributed by atoms with Crippen molar-refractivity contribution in [1.82, 2.24) is 0 Å². The highest BCUT2D eigenvalue weighted by Crippen LogP contribution is 2.39. The summed E-state index contributed by atoms with van der Waals surface area (Å²) in [7, 11) is -3.75. The number of hydrogen-bond donors (Lipinski definition) is 4. The quantitative estimate of drug-likeness (QED) is 0.545. The number of benzene rings is 3. The third-order valence-electron chi connectivity index (χ3n) is 4.57. The van der Waals surface area contributed by atoms with E-state index in [1.54, 1.807) is 12.1 Å². The highest BCUT2D eigenvalue weighted by molar-refractivity contribution is 7.89. The van der Waals surface area contributed by atoms with Gasteiger partial charge < -0.3 is 15.7 Å². The fourth-order valence-electron chi connectivity index (χ4n) is 3.25. The summed E-state index contributed by atoms with van der Waals surface area (Å²) >= 11 is 0. The number of aliphatic hydroxyl groups is 1. The number of hydrogen-bond acceptors (Lipinski definition) is 5. The van der Waals surface area contributed by atoms with Gasteiger partial charge in [0.2, 0.25) is 10.0 Å². The molecule has 3 aromatic carbocycles. The summed E-state index contributed by atoms with van der Waals surface area (Å²) in [6, 6.07) is 23.5. The van der Waals surface area contributed by atoms with E-state index in [2.05, 4.69) is 10.6 Å². The second-order valence-electron chi connectivity index (χ2n) is 6.44. The van der Waals surface area contributed by atoms with Crippen LogP contribution in [0.1, 0.15) is 11.1 Å². The molecule has 4 rings (SSSR count). The van der Waals surface area contributed by atoms with Crippen molar-refractivity contribution in [3.8, 4) is 0 Å². The minimum Gasteiger partial charge on any atom is -0.369 e. The fourth-order valence-corrected chi connectivity index (χ4v) is 3.77. The topological polar surface area (TPSA) is 104 Å². The number of primary sulfonamides is 1. The monoisotopic (exact) mass is 393 g/mol. The van der Waals surface area contributed by atoms with Crippen LogP contribution in [-0.4, -0.2) is 19.8 Å². The maximum atomic E-state index is 11.5. The molecule has 0 fully saturated rings. The van der Waals surface area contributed by atoms with E-state index in [-0.39, 0.29) is 4.90 Å². The van der Waals surface area contributed by atoms with Crippen LogP contribution < -0.4 is 15.8 Å². The molecule has 0 aliphatic carbocycles. The Kier molecular flexibility index (Phi) is 4.64. The lowest BCUT2D eigenvalue weighted by atomic mass is 9.99. The maximum Gasteiger partial charge on any atom is 0.238 e. The molecule has 0 aromatic heterocycles. The van der Waals surface area contributed by atoms with Crippen molar-refractivity contribution >= 4 is 32.7 Å². The molecule has 3 aromatic rings. The van der Waals surface area contributed by atoms with Gasteiger partial charge in [0.1, 0.15) is 0 Å². The largest absolute Gasteiger partial charge is 0.369 e. The van der Waals surface area contributed by atoms with Gasteiger partial charge in [-0.2, -0.15) is 0 Å². The summed E-state index contributed by atoms with van der Waals surface area (Å²) in [5.41, 5.74) is 4.78. The van der Waals surface area contributed by atoms with Crippen molar-refractivity contribution in [2.24, 2.45) is 5.14 Å². The van der Waals surface area contributed by atoms with Gasteiger partial charge in [-0.1, -0.05) is 48.5 Å². The summed E-state index contributed by atoms with van der Waals surface area (Å²) in [6.45, 7) is 0. The molecule has 6 nitrogen and oxygen atoms in total. The molecule has 1 atom stereocenters. The third kappa shape index (κ3) is 3.50. The lowest BCUT2D eigenvalue weighted by molar-refractivity contribution is 0.266. The SMILES string of the molecule is NS(=O)(=O)c1ccc(N/C(=C2/c3ccccc3NC2O)c2ccccc2)cc1. The number of nitrogens with one attached hydrogen (secondary N) is 2. The van der Waals surface area contributed by atoms with Crippen LogP contribution in [0.15, 0.2) is 83.8 Å². The molecule has 1 unspecified atom stereocenters. The van der Waals surface area contributed by atoms with Gasteiger partial charge in [0.25, 0.3) is 0 Å². The number of aliphatic hydroxyl groups excluding tert-OH is 1. The predicted octanol–water partition coefficient (Wildman–Crippen LogP) is 3.06. The van der Waals surface area contributed by atoms with Crippen LogP contribution in [0.4, 0.5) is 11.4 Å². The molecule has 142 valence electrons. The van der Waals surface area contributed by atoms with Gasteiger partial charge >= 0.3 is 0 Å². The van der Waals surface area contributed by atoms with Crippen LogP contribution in [0.3, 0.4) is 0 Å². The van der Waals surface area contributed by atoms with Crippen molar-refractivity contribution in [3.05, 3.63) is 90.0 Å². The molecule has 1 aliphatic rings. The first-order chi connectivity index (χ1) is 13.4. The van der Waals surface area contributed by atoms with E-state index in [4.69, 9.17) is 5.14 Å². The van der Waals surface area contributed by atoms with Gasteiger partial charge in [-0.15, -0.1) is 0 Å². The summed E-state index contributed by atoms with van der Waals surface area (Å²) in [6.07, 6.45) is -0.871. The number of para-hydroxylation sites is 1. The smallest absolute Gasteiger partial charge is 0.238 e. The van der Waals surface area contributed by atoms with E-state index in [1.807, 2.05) is 54.6 Å². The Morgan fingerprint density at radius 3 is 2.25 bits per heavy atom. The molecule has 5 N–H and O–H groups in total. The van der Waals surface area contributed by atoms with E-state index < -0.39 is 16.3 Å². The van der Waals surface area contributed by atoms with Crippen LogP contribution in [0.2, 0.25) is 0 Å². The Labute approximate surface area is 163 Å². The number of fused-ring (bicyclic) bond motifs is 1. The average Bonchev–Trinajstić information content (AvgIpc) is 3.02. The Balaban J connectivity index is 1.82. The molecular weight excluding hydrogens is 374 g/mol. The zero-order chi connectivity index (χ0) is 19.7. The number of sulfonamides is 1. The van der Waals surface area contributed by atoms with Crippen LogP contribution in [-0.2, 0) is 10.0 Å². The second kappa shape index (κ2) is 7.12. The Bertz CT molecular complexity index is 1140. The summed E-state index contributed by atoms with van der Waals surface area (Å²) in [4.78, 5) is 0.0416. The van der Waals surface area contributed by atoms with Crippen molar-refractivity contribution < 1.29 is 13.5 Å². The Morgan fingerprint density at radius 2 is 1.57 bits per heavy atom. The molecule has 0 saturated carbocycles. The second-order valence-corrected chi connectivity index (χ2v) is 8.00. The van der Waals surface area contributed by atoms with E-state index >= 15 is 0 Å². The molecule has 0 bridgehead atoms. The highest BCUT2D eigenvalue weighted by atomic mass is 32.2. The number of anilines is 2. The van der Waals surface area contributed by atoms with Gasteiger partial charge in [-0.3, -0.25) is 0 Å². The van der Waals surface area contributed by atoms with Crippen LogP contribution >= 0.6 is 0 Å². The maximum absolute atomic E-state index is 11.5. The van der Waals surface area contributed by atoms with E-state index in [0.29, 0.717) is 5.69 Å². The molecule has 0 amide bonds. The summed E-state index contributed by atoms with van der Waals surface area (Å²) in [5.74, 6) is 0. The number of nitrogens with two attached hydrogens (primary N) is 1. The van der Waals surface area contributed by atoms with E-state index in [9.17, 15) is 13.5 Å². The molecule has 7 heteroatoms. The van der Waals surface area contributed by atoms with Gasteiger partial charge in [0.05, 0.1) is 10.6 Å². The minimum atomic E-state index is -3.75. The van der Waals surface area contributed by atoms with Gasteiger partial charge in [-0.05, 0) is 35.9 Å². The minimum absolute atomic E-state index is 0.0416. The third-order valence-corrected chi connectivity index (χ3v) is 5.50. The zero-order valence-corrected chi connectivity index (χ0v) is 15.6. The van der Waals surface area contributed by atoms with Crippen molar-refractivity contribution in [1.29, 1.82) is 0 Å². The molecular formula is C21H19N3O3S. The number of rotatable bonds is 4. The first-order valence-electron chi connectivity index (χ1n) is 8.67. The summed E-state index contributed by atoms with van der Waals surface area (Å²) in [5, 5.41) is 22.2. The van der Waals surface area contributed by atoms with Gasteiger partial charge in [-0.25, -0.2) is 13.6 Å². The standard InChI is InChI=1S/C21H19N3O3S/c22-28(26,27)16-12-10-15(11-13-16)23-20(14-6-2-1-3-7-14)19-17-8-4-5-9-18(17)24-21(19)25/h1-13,21,23-25H,(H2,22,26,27)/b20-19-. The first kappa shape index (κ1) is 18.2. The highest BCUT2D eigenvalue weighted by Gasteiger charge is 2.28.